The lowest BCUT2D eigenvalue weighted by atomic mass is 9.89. The number of hydrogen-bond donors (Lipinski definition) is 2. The SMILES string of the molecule is C[C@]1(C(=O)Nc2ccccc2C(=O)O)Cc2ccccc2C(=O)O1. The summed E-state index contributed by atoms with van der Waals surface area (Å²) in [5.41, 5.74) is -0.119. The summed E-state index contributed by atoms with van der Waals surface area (Å²) in [5.74, 6) is -2.29. The van der Waals surface area contributed by atoms with Crippen molar-refractivity contribution in [2.24, 2.45) is 0 Å². The van der Waals surface area contributed by atoms with Gasteiger partial charge in [0.2, 0.25) is 0 Å². The van der Waals surface area contributed by atoms with Crippen LogP contribution in [-0.2, 0) is 16.0 Å². The first-order chi connectivity index (χ1) is 11.4. The van der Waals surface area contributed by atoms with E-state index < -0.39 is 23.4 Å². The van der Waals surface area contributed by atoms with Crippen LogP contribution in [0.3, 0.4) is 0 Å². The number of cyclic esters (lactones) is 1. The number of para-hydroxylation sites is 1. The monoisotopic (exact) mass is 325 g/mol. The Hall–Kier alpha value is -3.15. The number of amides is 1. The number of carbonyl (C=O) groups is 3. The van der Waals surface area contributed by atoms with Gasteiger partial charge in [-0.15, -0.1) is 0 Å². The van der Waals surface area contributed by atoms with Crippen LogP contribution in [0.25, 0.3) is 0 Å². The van der Waals surface area contributed by atoms with Gasteiger partial charge in [0.05, 0.1) is 16.8 Å². The van der Waals surface area contributed by atoms with E-state index in [0.29, 0.717) is 5.56 Å². The van der Waals surface area contributed by atoms with Gasteiger partial charge in [-0.25, -0.2) is 9.59 Å². The summed E-state index contributed by atoms with van der Waals surface area (Å²) in [5, 5.41) is 11.7. The Kier molecular flexibility index (Phi) is 3.81. The fraction of sp³-hybridized carbons (Fsp3) is 0.167. The van der Waals surface area contributed by atoms with Crippen LogP contribution in [0.15, 0.2) is 48.5 Å². The lowest BCUT2D eigenvalue weighted by Gasteiger charge is -2.33. The number of esters is 1. The zero-order valence-electron chi connectivity index (χ0n) is 12.9. The van der Waals surface area contributed by atoms with Gasteiger partial charge in [-0.1, -0.05) is 30.3 Å². The van der Waals surface area contributed by atoms with Gasteiger partial charge in [0.15, 0.2) is 5.60 Å². The molecule has 3 rings (SSSR count). The maximum atomic E-state index is 12.6. The van der Waals surface area contributed by atoms with Crippen molar-refractivity contribution in [2.45, 2.75) is 18.9 Å². The number of hydrogen-bond acceptors (Lipinski definition) is 4. The van der Waals surface area contributed by atoms with E-state index in [1.165, 1.54) is 19.1 Å². The fourth-order valence-corrected chi connectivity index (χ4v) is 2.69. The van der Waals surface area contributed by atoms with Crippen LogP contribution in [-0.4, -0.2) is 28.6 Å². The summed E-state index contributed by atoms with van der Waals surface area (Å²) in [6.45, 7) is 1.51. The minimum absolute atomic E-state index is 0.0306. The molecule has 6 heteroatoms. The molecule has 0 saturated carbocycles. The van der Waals surface area contributed by atoms with Crippen molar-refractivity contribution in [1.29, 1.82) is 0 Å². The molecule has 0 saturated heterocycles. The third kappa shape index (κ3) is 2.74. The number of benzene rings is 2. The van der Waals surface area contributed by atoms with Crippen LogP contribution in [0, 0.1) is 0 Å². The molecule has 0 radical (unpaired) electrons. The van der Waals surface area contributed by atoms with Crippen LogP contribution in [0.4, 0.5) is 5.69 Å². The molecular weight excluding hydrogens is 310 g/mol. The molecule has 0 spiro atoms. The van der Waals surface area contributed by atoms with E-state index in [1.807, 2.05) is 0 Å². The summed E-state index contributed by atoms with van der Waals surface area (Å²) in [6.07, 6.45) is 0.218. The number of carboxylic acid groups (broad SMARTS) is 1. The van der Waals surface area contributed by atoms with Crippen molar-refractivity contribution in [3.05, 3.63) is 65.2 Å². The average Bonchev–Trinajstić information content (AvgIpc) is 2.55. The average molecular weight is 325 g/mol. The molecule has 2 aromatic carbocycles. The Morgan fingerprint density at radius 2 is 1.79 bits per heavy atom. The van der Waals surface area contributed by atoms with Gasteiger partial charge < -0.3 is 15.2 Å². The second kappa shape index (κ2) is 5.81. The summed E-state index contributed by atoms with van der Waals surface area (Å²) in [7, 11) is 0. The number of ether oxygens (including phenoxy) is 1. The molecule has 1 aliphatic rings. The van der Waals surface area contributed by atoms with Crippen LogP contribution in [0.5, 0.6) is 0 Å². The number of fused-ring (bicyclic) bond motifs is 1. The predicted molar refractivity (Wildman–Crippen MR) is 86.0 cm³/mol. The van der Waals surface area contributed by atoms with Gasteiger partial charge in [-0.2, -0.15) is 0 Å². The Labute approximate surface area is 138 Å². The highest BCUT2D eigenvalue weighted by Crippen LogP contribution is 2.29. The summed E-state index contributed by atoms with van der Waals surface area (Å²) in [4.78, 5) is 36.0. The molecule has 1 atom stereocenters. The van der Waals surface area contributed by atoms with Gasteiger partial charge in [0.25, 0.3) is 5.91 Å². The number of anilines is 1. The standard InChI is InChI=1S/C18H15NO5/c1-18(10-11-6-2-3-7-12(11)16(22)24-18)17(23)19-14-9-5-4-8-13(14)15(20)21/h2-9H,10H2,1H3,(H,19,23)(H,20,21)/t18-/m1/s1. The molecule has 1 amide bonds. The Balaban J connectivity index is 1.89. The number of carbonyl (C=O) groups excluding carboxylic acids is 2. The highest BCUT2D eigenvalue weighted by molar-refractivity contribution is 6.05. The van der Waals surface area contributed by atoms with Crippen LogP contribution >= 0.6 is 0 Å². The van der Waals surface area contributed by atoms with E-state index in [4.69, 9.17) is 4.74 Å². The van der Waals surface area contributed by atoms with Crippen LogP contribution in [0.1, 0.15) is 33.2 Å². The Morgan fingerprint density at radius 3 is 2.54 bits per heavy atom. The van der Waals surface area contributed by atoms with Crippen molar-refractivity contribution in [3.8, 4) is 0 Å². The zero-order chi connectivity index (χ0) is 17.3. The molecule has 2 aromatic rings. The Morgan fingerprint density at radius 1 is 1.12 bits per heavy atom. The molecule has 0 fully saturated rings. The molecule has 0 unspecified atom stereocenters. The lowest BCUT2D eigenvalue weighted by molar-refractivity contribution is -0.134. The van der Waals surface area contributed by atoms with Gasteiger partial charge in [0, 0.05) is 6.42 Å². The second-order valence-electron chi connectivity index (χ2n) is 5.76. The molecular formula is C18H15NO5. The van der Waals surface area contributed by atoms with Crippen molar-refractivity contribution < 1.29 is 24.2 Å². The van der Waals surface area contributed by atoms with Gasteiger partial charge >= 0.3 is 11.9 Å². The number of nitrogens with one attached hydrogen (secondary N) is 1. The van der Waals surface area contributed by atoms with Crippen molar-refractivity contribution >= 4 is 23.5 Å². The summed E-state index contributed by atoms with van der Waals surface area (Å²) in [6, 6.07) is 13.0. The van der Waals surface area contributed by atoms with Crippen molar-refractivity contribution in [2.75, 3.05) is 5.32 Å². The van der Waals surface area contributed by atoms with E-state index >= 15 is 0 Å². The van der Waals surface area contributed by atoms with Crippen LogP contribution in [0.2, 0.25) is 0 Å². The maximum absolute atomic E-state index is 12.6. The highest BCUT2D eigenvalue weighted by atomic mass is 16.6. The molecule has 24 heavy (non-hydrogen) atoms. The molecule has 6 nitrogen and oxygen atoms in total. The van der Waals surface area contributed by atoms with Gasteiger partial charge in [-0.3, -0.25) is 4.79 Å². The van der Waals surface area contributed by atoms with Gasteiger partial charge in [-0.05, 0) is 30.7 Å². The van der Waals surface area contributed by atoms with E-state index in [0.717, 1.165) is 5.56 Å². The largest absolute Gasteiger partial charge is 0.478 e. The fourth-order valence-electron chi connectivity index (χ4n) is 2.69. The molecule has 2 N–H and O–H groups in total. The van der Waals surface area contributed by atoms with Gasteiger partial charge in [0.1, 0.15) is 0 Å². The number of rotatable bonds is 3. The third-order valence-corrected chi connectivity index (χ3v) is 3.97. The normalized spacial score (nSPS) is 19.1. The van der Waals surface area contributed by atoms with E-state index in [-0.39, 0.29) is 17.7 Å². The first-order valence-corrected chi connectivity index (χ1v) is 7.36. The van der Waals surface area contributed by atoms with E-state index in [2.05, 4.69) is 5.32 Å². The second-order valence-corrected chi connectivity index (χ2v) is 5.76. The smallest absolute Gasteiger partial charge is 0.339 e. The predicted octanol–water partition coefficient (Wildman–Crippen LogP) is 2.50. The quantitative estimate of drug-likeness (QED) is 0.846. The molecule has 0 aliphatic carbocycles. The first kappa shape index (κ1) is 15.7. The molecule has 1 heterocycles. The topological polar surface area (TPSA) is 92.7 Å². The lowest BCUT2D eigenvalue weighted by Crippen LogP contribution is -2.49. The minimum atomic E-state index is -1.41. The molecule has 0 aromatic heterocycles. The molecule has 122 valence electrons. The van der Waals surface area contributed by atoms with Crippen molar-refractivity contribution in [3.63, 3.8) is 0 Å². The molecule has 0 bridgehead atoms. The van der Waals surface area contributed by atoms with E-state index in [9.17, 15) is 19.5 Å². The summed E-state index contributed by atoms with van der Waals surface area (Å²) >= 11 is 0. The zero-order valence-corrected chi connectivity index (χ0v) is 12.9. The van der Waals surface area contributed by atoms with E-state index in [1.54, 1.807) is 36.4 Å². The summed E-state index contributed by atoms with van der Waals surface area (Å²) < 4.78 is 5.34. The maximum Gasteiger partial charge on any atom is 0.339 e. The number of carboxylic acids is 1. The highest BCUT2D eigenvalue weighted by Gasteiger charge is 2.42. The minimum Gasteiger partial charge on any atom is -0.478 e. The first-order valence-electron chi connectivity index (χ1n) is 7.36. The van der Waals surface area contributed by atoms with Crippen LogP contribution < -0.4 is 5.32 Å². The third-order valence-electron chi connectivity index (χ3n) is 3.97. The Bertz CT molecular complexity index is 845. The van der Waals surface area contributed by atoms with Crippen molar-refractivity contribution in [1.82, 2.24) is 0 Å². The number of aromatic carboxylic acids is 1. The molecule has 1 aliphatic heterocycles.